The lowest BCUT2D eigenvalue weighted by Gasteiger charge is -2.56. The van der Waals surface area contributed by atoms with Crippen molar-refractivity contribution in [2.45, 2.75) is 52.4 Å². The van der Waals surface area contributed by atoms with Crippen molar-refractivity contribution in [3.05, 3.63) is 29.8 Å². The van der Waals surface area contributed by atoms with E-state index in [-0.39, 0.29) is 5.41 Å². The summed E-state index contributed by atoms with van der Waals surface area (Å²) >= 11 is 0. The monoisotopic (exact) mass is 297 g/mol. The molecule has 0 atom stereocenters. The Balaban J connectivity index is 1.65. The predicted molar refractivity (Wildman–Crippen MR) is 89.8 cm³/mol. The summed E-state index contributed by atoms with van der Waals surface area (Å²) in [5.41, 5.74) is 2.28. The summed E-state index contributed by atoms with van der Waals surface area (Å²) in [5.74, 6) is 2.89. The fourth-order valence-corrected chi connectivity index (χ4v) is 5.90. The molecule has 0 N–H and O–H groups in total. The lowest BCUT2D eigenvalue weighted by molar-refractivity contribution is -0.143. The van der Waals surface area contributed by atoms with E-state index < -0.39 is 0 Å². The van der Waals surface area contributed by atoms with Crippen molar-refractivity contribution < 1.29 is 4.79 Å². The third-order valence-electron chi connectivity index (χ3n) is 6.37. The fraction of sp³-hybridized carbons (Fsp3) is 0.650. The number of carbonyl (C=O) groups is 1. The first-order valence-electron chi connectivity index (χ1n) is 8.98. The zero-order valence-electron chi connectivity index (χ0n) is 13.8. The van der Waals surface area contributed by atoms with E-state index in [0.29, 0.717) is 5.91 Å². The van der Waals surface area contributed by atoms with E-state index in [4.69, 9.17) is 0 Å². The molecule has 0 saturated heterocycles. The Labute approximate surface area is 133 Å². The van der Waals surface area contributed by atoms with Crippen LogP contribution in [0.15, 0.2) is 24.3 Å². The maximum atomic E-state index is 13.5. The van der Waals surface area contributed by atoms with Gasteiger partial charge in [-0.25, -0.2) is 0 Å². The molecule has 0 unspecified atom stereocenters. The van der Waals surface area contributed by atoms with E-state index in [9.17, 15) is 4.79 Å². The van der Waals surface area contributed by atoms with Crippen LogP contribution in [0, 0.1) is 30.1 Å². The van der Waals surface area contributed by atoms with Gasteiger partial charge in [0.1, 0.15) is 0 Å². The Bertz CT molecular complexity index is 556. The third kappa shape index (κ3) is 2.19. The van der Waals surface area contributed by atoms with Gasteiger partial charge < -0.3 is 4.90 Å². The van der Waals surface area contributed by atoms with Crippen molar-refractivity contribution in [1.82, 2.24) is 0 Å². The van der Waals surface area contributed by atoms with Gasteiger partial charge in [-0.1, -0.05) is 12.1 Å². The number of hydrogen-bond donors (Lipinski definition) is 0. The Hall–Kier alpha value is -1.31. The second-order valence-corrected chi connectivity index (χ2v) is 8.09. The van der Waals surface area contributed by atoms with E-state index in [2.05, 4.69) is 43.0 Å². The number of nitrogens with zero attached hydrogens (tertiary/aromatic N) is 1. The first-order valence-corrected chi connectivity index (χ1v) is 8.98. The molecule has 2 heteroatoms. The molecule has 118 valence electrons. The fourth-order valence-electron chi connectivity index (χ4n) is 5.90. The molecular weight excluding hydrogens is 270 g/mol. The van der Waals surface area contributed by atoms with E-state index in [1.165, 1.54) is 24.8 Å². The van der Waals surface area contributed by atoms with Gasteiger partial charge in [-0.3, -0.25) is 4.79 Å². The van der Waals surface area contributed by atoms with Crippen molar-refractivity contribution in [2.75, 3.05) is 11.4 Å². The minimum absolute atomic E-state index is 0.0332. The first-order chi connectivity index (χ1) is 10.6. The summed E-state index contributed by atoms with van der Waals surface area (Å²) in [6.45, 7) is 5.00. The van der Waals surface area contributed by atoms with Crippen molar-refractivity contribution in [2.24, 2.45) is 23.2 Å². The number of rotatable bonds is 3. The summed E-state index contributed by atoms with van der Waals surface area (Å²) in [6.07, 6.45) is 7.63. The second-order valence-electron chi connectivity index (χ2n) is 8.09. The molecule has 1 amide bonds. The highest BCUT2D eigenvalue weighted by molar-refractivity contribution is 5.98. The molecule has 4 bridgehead atoms. The highest BCUT2D eigenvalue weighted by Crippen LogP contribution is 2.60. The zero-order chi connectivity index (χ0) is 15.3. The molecule has 0 radical (unpaired) electrons. The minimum Gasteiger partial charge on any atom is -0.312 e. The Morgan fingerprint density at radius 3 is 2.23 bits per heavy atom. The lowest BCUT2D eigenvalue weighted by Crippen LogP contribution is -2.54. The van der Waals surface area contributed by atoms with Crippen LogP contribution in [-0.4, -0.2) is 12.5 Å². The largest absolute Gasteiger partial charge is 0.312 e. The van der Waals surface area contributed by atoms with Crippen molar-refractivity contribution in [1.29, 1.82) is 0 Å². The van der Waals surface area contributed by atoms with Gasteiger partial charge in [0, 0.05) is 12.2 Å². The van der Waals surface area contributed by atoms with E-state index in [0.717, 1.165) is 49.2 Å². The van der Waals surface area contributed by atoms with Crippen LogP contribution in [0.5, 0.6) is 0 Å². The maximum absolute atomic E-state index is 13.5. The molecule has 5 rings (SSSR count). The quantitative estimate of drug-likeness (QED) is 0.800. The molecule has 4 aliphatic rings. The molecule has 0 aliphatic heterocycles. The molecule has 4 fully saturated rings. The molecule has 4 saturated carbocycles. The average molecular weight is 297 g/mol. The van der Waals surface area contributed by atoms with Crippen LogP contribution in [0.1, 0.15) is 51.0 Å². The van der Waals surface area contributed by atoms with Gasteiger partial charge in [-0.05, 0) is 87.8 Å². The number of aryl methyl sites for hydroxylation is 1. The van der Waals surface area contributed by atoms with Crippen LogP contribution in [0.4, 0.5) is 5.69 Å². The van der Waals surface area contributed by atoms with E-state index in [1.54, 1.807) is 0 Å². The number of benzene rings is 1. The van der Waals surface area contributed by atoms with Gasteiger partial charge in [-0.2, -0.15) is 0 Å². The zero-order valence-corrected chi connectivity index (χ0v) is 13.8. The number of amides is 1. The molecule has 2 nitrogen and oxygen atoms in total. The van der Waals surface area contributed by atoms with Crippen molar-refractivity contribution >= 4 is 11.6 Å². The van der Waals surface area contributed by atoms with E-state index >= 15 is 0 Å². The lowest BCUT2D eigenvalue weighted by atomic mass is 9.49. The van der Waals surface area contributed by atoms with Gasteiger partial charge in [0.15, 0.2) is 0 Å². The van der Waals surface area contributed by atoms with Crippen LogP contribution in [0.25, 0.3) is 0 Å². The van der Waals surface area contributed by atoms with Crippen LogP contribution in [0.3, 0.4) is 0 Å². The maximum Gasteiger partial charge on any atom is 0.233 e. The average Bonchev–Trinajstić information content (AvgIpc) is 2.46. The topological polar surface area (TPSA) is 20.3 Å². The number of anilines is 1. The van der Waals surface area contributed by atoms with Crippen LogP contribution < -0.4 is 4.90 Å². The van der Waals surface area contributed by atoms with Crippen molar-refractivity contribution in [3.63, 3.8) is 0 Å². The summed E-state index contributed by atoms with van der Waals surface area (Å²) in [4.78, 5) is 15.5. The molecule has 0 heterocycles. The van der Waals surface area contributed by atoms with Gasteiger partial charge in [0.2, 0.25) is 5.91 Å². The third-order valence-corrected chi connectivity index (χ3v) is 6.37. The Morgan fingerprint density at radius 1 is 1.14 bits per heavy atom. The highest BCUT2D eigenvalue weighted by atomic mass is 16.2. The molecule has 1 aromatic carbocycles. The number of hydrogen-bond acceptors (Lipinski definition) is 1. The summed E-state index contributed by atoms with van der Waals surface area (Å²) in [7, 11) is 0. The van der Waals surface area contributed by atoms with Gasteiger partial charge in [0.25, 0.3) is 0 Å². The van der Waals surface area contributed by atoms with Crippen LogP contribution in [0.2, 0.25) is 0 Å². The molecule has 0 aromatic heterocycles. The molecular formula is C20H27NO. The normalized spacial score (nSPS) is 35.6. The first kappa shape index (κ1) is 14.3. The van der Waals surface area contributed by atoms with Gasteiger partial charge in [0.05, 0.1) is 5.41 Å². The van der Waals surface area contributed by atoms with Crippen LogP contribution in [-0.2, 0) is 4.79 Å². The molecule has 0 spiro atoms. The summed E-state index contributed by atoms with van der Waals surface area (Å²) < 4.78 is 0. The molecule has 22 heavy (non-hydrogen) atoms. The molecule has 1 aromatic rings. The standard InChI is InChI=1S/C20H27NO/c1-3-21(18-6-4-5-14(2)7-18)19(22)20-11-15-8-16(12-20)10-17(9-15)13-20/h4-7,15-17H,3,8-13H2,1-2H3. The number of carbonyl (C=O) groups excluding carboxylic acids is 1. The van der Waals surface area contributed by atoms with Crippen LogP contribution >= 0.6 is 0 Å². The SMILES string of the molecule is CCN(C(=O)C12CC3CC(CC(C3)C1)C2)c1cccc(C)c1. The highest BCUT2D eigenvalue weighted by Gasteiger charge is 2.55. The predicted octanol–water partition coefficient (Wildman–Crippen LogP) is 4.56. The van der Waals surface area contributed by atoms with Crippen molar-refractivity contribution in [3.8, 4) is 0 Å². The molecule has 4 aliphatic carbocycles. The smallest absolute Gasteiger partial charge is 0.233 e. The van der Waals surface area contributed by atoms with Gasteiger partial charge in [-0.15, -0.1) is 0 Å². The Kier molecular flexibility index (Phi) is 3.32. The Morgan fingerprint density at radius 2 is 1.73 bits per heavy atom. The summed E-state index contributed by atoms with van der Waals surface area (Å²) in [5, 5.41) is 0. The second kappa shape index (κ2) is 5.11. The van der Waals surface area contributed by atoms with E-state index in [1.807, 2.05) is 0 Å². The summed E-state index contributed by atoms with van der Waals surface area (Å²) in [6, 6.07) is 8.42. The van der Waals surface area contributed by atoms with Gasteiger partial charge >= 0.3 is 0 Å². The minimum atomic E-state index is -0.0332.